The third-order valence-electron chi connectivity index (χ3n) is 3.52. The van der Waals surface area contributed by atoms with Crippen LogP contribution in [0.4, 0.5) is 0 Å². The molecule has 0 spiro atoms. The topological polar surface area (TPSA) is 40.5 Å². The SMILES string of the molecule is CC1(C)CCCN(C(=O)Cc2cccc(O)c2)C1. The number of phenolic OH excluding ortho intramolecular Hbond substituents is 1. The molecular weight excluding hydrogens is 226 g/mol. The van der Waals surface area contributed by atoms with E-state index in [1.165, 1.54) is 6.42 Å². The van der Waals surface area contributed by atoms with Crippen LogP contribution in [0.15, 0.2) is 24.3 Å². The van der Waals surface area contributed by atoms with E-state index in [0.29, 0.717) is 6.42 Å². The highest BCUT2D eigenvalue weighted by Gasteiger charge is 2.28. The minimum absolute atomic E-state index is 0.161. The zero-order chi connectivity index (χ0) is 13.2. The maximum Gasteiger partial charge on any atom is 0.227 e. The molecule has 1 aromatic rings. The Morgan fingerprint density at radius 2 is 2.22 bits per heavy atom. The Bertz CT molecular complexity index is 440. The molecule has 0 aromatic heterocycles. The molecule has 3 nitrogen and oxygen atoms in total. The molecule has 2 rings (SSSR count). The number of hydrogen-bond donors (Lipinski definition) is 1. The maximum atomic E-state index is 12.2. The maximum absolute atomic E-state index is 12.2. The minimum atomic E-state index is 0.161. The van der Waals surface area contributed by atoms with Gasteiger partial charge in [-0.3, -0.25) is 4.79 Å². The van der Waals surface area contributed by atoms with E-state index in [-0.39, 0.29) is 17.1 Å². The van der Waals surface area contributed by atoms with Crippen molar-refractivity contribution < 1.29 is 9.90 Å². The summed E-state index contributed by atoms with van der Waals surface area (Å²) in [5.41, 5.74) is 1.11. The molecule has 0 saturated carbocycles. The Balaban J connectivity index is 2.00. The predicted molar refractivity (Wildman–Crippen MR) is 71.4 cm³/mol. The molecule has 18 heavy (non-hydrogen) atoms. The lowest BCUT2D eigenvalue weighted by Crippen LogP contribution is -2.44. The van der Waals surface area contributed by atoms with Crippen LogP contribution in [0.2, 0.25) is 0 Å². The predicted octanol–water partition coefficient (Wildman–Crippen LogP) is 2.58. The van der Waals surface area contributed by atoms with Crippen LogP contribution in [-0.2, 0) is 11.2 Å². The molecule has 1 fully saturated rings. The van der Waals surface area contributed by atoms with Gasteiger partial charge < -0.3 is 10.0 Å². The van der Waals surface area contributed by atoms with Crippen LogP contribution < -0.4 is 0 Å². The van der Waals surface area contributed by atoms with Gasteiger partial charge in [0.25, 0.3) is 0 Å². The van der Waals surface area contributed by atoms with Crippen LogP contribution in [0.5, 0.6) is 5.75 Å². The fourth-order valence-electron chi connectivity index (χ4n) is 2.59. The molecule has 1 amide bonds. The first-order chi connectivity index (χ1) is 8.46. The van der Waals surface area contributed by atoms with Crippen molar-refractivity contribution in [2.45, 2.75) is 33.1 Å². The molecule has 1 aliphatic heterocycles. The van der Waals surface area contributed by atoms with Gasteiger partial charge in [0.05, 0.1) is 6.42 Å². The zero-order valence-corrected chi connectivity index (χ0v) is 11.1. The van der Waals surface area contributed by atoms with Gasteiger partial charge in [0, 0.05) is 13.1 Å². The normalized spacial score (nSPS) is 18.7. The Morgan fingerprint density at radius 3 is 2.89 bits per heavy atom. The molecule has 1 N–H and O–H groups in total. The van der Waals surface area contributed by atoms with Gasteiger partial charge in [0.1, 0.15) is 5.75 Å². The van der Waals surface area contributed by atoms with Crippen LogP contribution in [0, 0.1) is 5.41 Å². The minimum Gasteiger partial charge on any atom is -0.508 e. The molecule has 1 saturated heterocycles. The van der Waals surface area contributed by atoms with Gasteiger partial charge >= 0.3 is 0 Å². The van der Waals surface area contributed by atoms with Gasteiger partial charge in [-0.25, -0.2) is 0 Å². The van der Waals surface area contributed by atoms with Crippen molar-refractivity contribution in [1.82, 2.24) is 4.90 Å². The number of carbonyl (C=O) groups is 1. The number of phenols is 1. The third-order valence-corrected chi connectivity index (χ3v) is 3.52. The molecule has 0 atom stereocenters. The van der Waals surface area contributed by atoms with Gasteiger partial charge in [0.2, 0.25) is 5.91 Å². The molecule has 0 radical (unpaired) electrons. The summed E-state index contributed by atoms with van der Waals surface area (Å²) in [5.74, 6) is 0.382. The fourth-order valence-corrected chi connectivity index (χ4v) is 2.59. The van der Waals surface area contributed by atoms with E-state index in [4.69, 9.17) is 0 Å². The van der Waals surface area contributed by atoms with Gasteiger partial charge in [-0.2, -0.15) is 0 Å². The van der Waals surface area contributed by atoms with Crippen molar-refractivity contribution in [3.05, 3.63) is 29.8 Å². The van der Waals surface area contributed by atoms with E-state index in [1.54, 1.807) is 18.2 Å². The summed E-state index contributed by atoms with van der Waals surface area (Å²) in [7, 11) is 0. The summed E-state index contributed by atoms with van der Waals surface area (Å²) in [4.78, 5) is 14.2. The van der Waals surface area contributed by atoms with Crippen molar-refractivity contribution in [2.24, 2.45) is 5.41 Å². The first-order valence-electron chi connectivity index (χ1n) is 6.52. The number of aromatic hydroxyl groups is 1. The van der Waals surface area contributed by atoms with Gasteiger partial charge in [0.15, 0.2) is 0 Å². The van der Waals surface area contributed by atoms with Crippen molar-refractivity contribution in [3.63, 3.8) is 0 Å². The average Bonchev–Trinajstić information content (AvgIpc) is 2.27. The summed E-state index contributed by atoms with van der Waals surface area (Å²) in [6.45, 7) is 6.12. The van der Waals surface area contributed by atoms with E-state index in [2.05, 4.69) is 13.8 Å². The van der Waals surface area contributed by atoms with E-state index >= 15 is 0 Å². The molecule has 1 aliphatic rings. The second-order valence-corrected chi connectivity index (χ2v) is 5.93. The van der Waals surface area contributed by atoms with Gasteiger partial charge in [-0.05, 0) is 36.0 Å². The van der Waals surface area contributed by atoms with Crippen LogP contribution >= 0.6 is 0 Å². The van der Waals surface area contributed by atoms with E-state index in [9.17, 15) is 9.90 Å². The third kappa shape index (κ3) is 3.25. The lowest BCUT2D eigenvalue weighted by Gasteiger charge is -2.38. The van der Waals surface area contributed by atoms with Crippen LogP contribution in [0.25, 0.3) is 0 Å². The van der Waals surface area contributed by atoms with E-state index in [0.717, 1.165) is 25.1 Å². The monoisotopic (exact) mass is 247 g/mol. The first kappa shape index (κ1) is 12.9. The largest absolute Gasteiger partial charge is 0.508 e. The Morgan fingerprint density at radius 1 is 1.44 bits per heavy atom. The summed E-state index contributed by atoms with van der Waals surface area (Å²) >= 11 is 0. The Hall–Kier alpha value is -1.51. The highest BCUT2D eigenvalue weighted by Crippen LogP contribution is 2.28. The van der Waals surface area contributed by atoms with Crippen molar-refractivity contribution in [2.75, 3.05) is 13.1 Å². The molecular formula is C15H21NO2. The second kappa shape index (κ2) is 5.01. The number of likely N-dealkylation sites (tertiary alicyclic amines) is 1. The molecule has 0 aliphatic carbocycles. The number of carbonyl (C=O) groups excluding carboxylic acids is 1. The lowest BCUT2D eigenvalue weighted by molar-refractivity contribution is -0.133. The van der Waals surface area contributed by atoms with Crippen LogP contribution in [-0.4, -0.2) is 29.0 Å². The highest BCUT2D eigenvalue weighted by molar-refractivity contribution is 5.79. The van der Waals surface area contributed by atoms with Crippen LogP contribution in [0.1, 0.15) is 32.3 Å². The zero-order valence-electron chi connectivity index (χ0n) is 11.1. The fraction of sp³-hybridized carbons (Fsp3) is 0.533. The molecule has 3 heteroatoms. The number of piperidine rings is 1. The van der Waals surface area contributed by atoms with Gasteiger partial charge in [-0.1, -0.05) is 26.0 Å². The summed E-state index contributed by atoms with van der Waals surface area (Å²) < 4.78 is 0. The molecule has 1 aromatic carbocycles. The number of amides is 1. The smallest absolute Gasteiger partial charge is 0.227 e. The lowest BCUT2D eigenvalue weighted by atomic mass is 9.84. The van der Waals surface area contributed by atoms with Crippen molar-refractivity contribution in [3.8, 4) is 5.75 Å². The van der Waals surface area contributed by atoms with Gasteiger partial charge in [-0.15, -0.1) is 0 Å². The first-order valence-corrected chi connectivity index (χ1v) is 6.52. The molecule has 98 valence electrons. The summed E-state index contributed by atoms with van der Waals surface area (Å²) in [5, 5.41) is 9.39. The number of rotatable bonds is 2. The molecule has 1 heterocycles. The summed E-state index contributed by atoms with van der Waals surface area (Å²) in [6.07, 6.45) is 2.65. The summed E-state index contributed by atoms with van der Waals surface area (Å²) in [6, 6.07) is 6.94. The average molecular weight is 247 g/mol. The van der Waals surface area contributed by atoms with Crippen molar-refractivity contribution in [1.29, 1.82) is 0 Å². The Kier molecular flexibility index (Phi) is 3.60. The standard InChI is InChI=1S/C15H21NO2/c1-15(2)7-4-8-16(11-15)14(18)10-12-5-3-6-13(17)9-12/h3,5-6,9,17H,4,7-8,10-11H2,1-2H3. The highest BCUT2D eigenvalue weighted by atomic mass is 16.3. The Labute approximate surface area is 108 Å². The number of nitrogens with zero attached hydrogens (tertiary/aromatic N) is 1. The van der Waals surface area contributed by atoms with Crippen molar-refractivity contribution >= 4 is 5.91 Å². The number of benzene rings is 1. The molecule has 0 bridgehead atoms. The number of hydrogen-bond acceptors (Lipinski definition) is 2. The van der Waals surface area contributed by atoms with E-state index < -0.39 is 0 Å². The van der Waals surface area contributed by atoms with E-state index in [1.807, 2.05) is 11.0 Å². The molecule has 0 unspecified atom stereocenters. The van der Waals surface area contributed by atoms with Crippen LogP contribution in [0.3, 0.4) is 0 Å². The quantitative estimate of drug-likeness (QED) is 0.872. The second-order valence-electron chi connectivity index (χ2n) is 5.93.